The predicted octanol–water partition coefficient (Wildman–Crippen LogP) is 2.24. The van der Waals surface area contributed by atoms with Gasteiger partial charge in [-0.3, -0.25) is 9.59 Å². The number of alkyl halides is 3. The normalized spacial score (nSPS) is 31.5. The predicted molar refractivity (Wildman–Crippen MR) is 73.5 cm³/mol. The maximum atomic E-state index is 13.4. The second-order valence-corrected chi connectivity index (χ2v) is 6.16. The van der Waals surface area contributed by atoms with E-state index in [4.69, 9.17) is 10.00 Å². The molecule has 4 unspecified atom stereocenters. The lowest BCUT2D eigenvalue weighted by molar-refractivity contribution is -0.137. The molecule has 0 spiro atoms. The Labute approximate surface area is 134 Å². The minimum atomic E-state index is -4.85. The van der Waals surface area contributed by atoms with Gasteiger partial charge in [0.1, 0.15) is 0 Å². The van der Waals surface area contributed by atoms with Gasteiger partial charge in [0.2, 0.25) is 11.8 Å². The Balaban J connectivity index is 1.85. The quantitative estimate of drug-likeness (QED) is 0.738. The number of nitriles is 1. The molecule has 2 bridgehead atoms. The van der Waals surface area contributed by atoms with E-state index < -0.39 is 58.8 Å². The minimum absolute atomic E-state index is 0.407. The highest BCUT2D eigenvalue weighted by atomic mass is 19.4. The van der Waals surface area contributed by atoms with Crippen molar-refractivity contribution >= 4 is 17.5 Å². The molecular weight excluding hydrogens is 325 g/mol. The summed E-state index contributed by atoms with van der Waals surface area (Å²) in [7, 11) is 0. The number of carbonyl (C=O) groups is 2. The van der Waals surface area contributed by atoms with Crippen LogP contribution in [0.4, 0.5) is 18.9 Å². The number of carbonyl (C=O) groups excluding carboxylic acids is 2. The molecule has 124 valence electrons. The number of fused-ring (bicyclic) bond motifs is 5. The Morgan fingerprint density at radius 1 is 1.12 bits per heavy atom. The van der Waals surface area contributed by atoms with Crippen LogP contribution in [0.5, 0.6) is 0 Å². The Morgan fingerprint density at radius 2 is 1.71 bits per heavy atom. The molecule has 0 saturated carbocycles. The van der Waals surface area contributed by atoms with Gasteiger partial charge in [-0.2, -0.15) is 18.4 Å². The summed E-state index contributed by atoms with van der Waals surface area (Å²) in [5, 5.41) is 8.98. The second kappa shape index (κ2) is 4.80. The average Bonchev–Trinajstić information content (AvgIpc) is 3.19. The number of hydrogen-bond acceptors (Lipinski definition) is 4. The van der Waals surface area contributed by atoms with Gasteiger partial charge in [-0.1, -0.05) is 6.07 Å². The number of anilines is 1. The molecule has 1 aromatic carbocycles. The molecule has 1 aromatic rings. The number of hydrogen-bond donors (Lipinski definition) is 0. The maximum Gasteiger partial charge on any atom is 0.419 e. The molecule has 4 rings (SSSR count). The molecule has 3 aliphatic heterocycles. The monoisotopic (exact) mass is 336 g/mol. The van der Waals surface area contributed by atoms with Crippen molar-refractivity contribution in [1.29, 1.82) is 5.26 Å². The molecule has 4 atom stereocenters. The molecule has 0 radical (unpaired) electrons. The van der Waals surface area contributed by atoms with E-state index in [1.165, 1.54) is 12.1 Å². The van der Waals surface area contributed by atoms with E-state index in [-0.39, 0.29) is 0 Å². The van der Waals surface area contributed by atoms with Gasteiger partial charge < -0.3 is 4.74 Å². The first kappa shape index (κ1) is 15.1. The van der Waals surface area contributed by atoms with Gasteiger partial charge in [-0.15, -0.1) is 0 Å². The van der Waals surface area contributed by atoms with Crippen LogP contribution in [0.15, 0.2) is 18.2 Å². The van der Waals surface area contributed by atoms with E-state index in [1.54, 1.807) is 0 Å². The largest absolute Gasteiger partial charge is 0.419 e. The number of rotatable bonds is 1. The van der Waals surface area contributed by atoms with Gasteiger partial charge >= 0.3 is 6.18 Å². The third-order valence-electron chi connectivity index (χ3n) is 4.97. The van der Waals surface area contributed by atoms with Crippen molar-refractivity contribution in [1.82, 2.24) is 0 Å². The number of halogens is 3. The molecule has 3 aliphatic rings. The zero-order valence-corrected chi connectivity index (χ0v) is 12.2. The molecule has 0 N–H and O–H groups in total. The van der Waals surface area contributed by atoms with E-state index in [9.17, 15) is 22.8 Å². The molecular formula is C16H11F3N2O3. The molecule has 3 saturated heterocycles. The molecule has 2 amide bonds. The van der Waals surface area contributed by atoms with E-state index in [0.717, 1.165) is 12.1 Å². The number of nitrogens with zero attached hydrogens (tertiary/aromatic N) is 2. The Morgan fingerprint density at radius 3 is 2.21 bits per heavy atom. The van der Waals surface area contributed by atoms with E-state index >= 15 is 0 Å². The first-order valence-corrected chi connectivity index (χ1v) is 7.48. The van der Waals surface area contributed by atoms with E-state index in [1.807, 2.05) is 0 Å². The van der Waals surface area contributed by atoms with Crippen LogP contribution < -0.4 is 4.90 Å². The lowest BCUT2D eigenvalue weighted by Gasteiger charge is -2.22. The van der Waals surface area contributed by atoms with Gasteiger partial charge in [0.15, 0.2) is 0 Å². The summed E-state index contributed by atoms with van der Waals surface area (Å²) in [6.07, 6.45) is -4.41. The highest BCUT2D eigenvalue weighted by Gasteiger charge is 2.63. The van der Waals surface area contributed by atoms with Crippen molar-refractivity contribution in [2.75, 3.05) is 4.90 Å². The summed E-state index contributed by atoms with van der Waals surface area (Å²) in [6, 6.07) is 4.80. The van der Waals surface area contributed by atoms with Crippen LogP contribution in [-0.2, 0) is 20.5 Å². The lowest BCUT2D eigenvalue weighted by atomic mass is 9.81. The molecule has 0 aromatic heterocycles. The maximum absolute atomic E-state index is 13.4. The first-order chi connectivity index (χ1) is 11.3. The van der Waals surface area contributed by atoms with E-state index in [2.05, 4.69) is 0 Å². The Kier molecular flexibility index (Phi) is 3.03. The van der Waals surface area contributed by atoms with Crippen LogP contribution in [0.1, 0.15) is 24.0 Å². The first-order valence-electron chi connectivity index (χ1n) is 7.48. The van der Waals surface area contributed by atoms with Crippen LogP contribution in [0.2, 0.25) is 0 Å². The second-order valence-electron chi connectivity index (χ2n) is 6.16. The van der Waals surface area contributed by atoms with Crippen molar-refractivity contribution in [3.8, 4) is 6.07 Å². The van der Waals surface area contributed by atoms with Crippen LogP contribution in [0.3, 0.4) is 0 Å². The van der Waals surface area contributed by atoms with Gasteiger partial charge in [0.05, 0.1) is 46.9 Å². The third kappa shape index (κ3) is 1.85. The third-order valence-corrected chi connectivity index (χ3v) is 4.97. The fourth-order valence-electron chi connectivity index (χ4n) is 4.07. The smallest absolute Gasteiger partial charge is 0.373 e. The van der Waals surface area contributed by atoms with Gasteiger partial charge in [-0.05, 0) is 25.0 Å². The van der Waals surface area contributed by atoms with Crippen molar-refractivity contribution in [3.63, 3.8) is 0 Å². The fourth-order valence-corrected chi connectivity index (χ4v) is 4.07. The summed E-state index contributed by atoms with van der Waals surface area (Å²) in [4.78, 5) is 25.9. The number of ether oxygens (including phenoxy) is 1. The highest BCUT2D eigenvalue weighted by molar-refractivity contribution is 6.23. The number of benzene rings is 1. The summed E-state index contributed by atoms with van der Waals surface area (Å²) in [5.41, 5.74) is -2.43. The summed E-state index contributed by atoms with van der Waals surface area (Å²) in [5.74, 6) is -2.78. The number of amides is 2. The molecule has 3 heterocycles. The number of imide groups is 1. The molecule has 5 nitrogen and oxygen atoms in total. The standard InChI is InChI=1S/C16H11F3N2O3/c17-16(18,19)13-7(6-20)2-1-3-8(13)21-14(22)11-9-4-5-10(24-9)12(11)15(21)23/h1-3,9-12H,4-5H2. The van der Waals surface area contributed by atoms with Crippen LogP contribution >= 0.6 is 0 Å². The molecule has 24 heavy (non-hydrogen) atoms. The highest BCUT2D eigenvalue weighted by Crippen LogP contribution is 2.51. The topological polar surface area (TPSA) is 70.4 Å². The average molecular weight is 336 g/mol. The molecule has 3 fully saturated rings. The Bertz CT molecular complexity index is 771. The summed E-state index contributed by atoms with van der Waals surface area (Å²) >= 11 is 0. The zero-order valence-electron chi connectivity index (χ0n) is 12.2. The van der Waals surface area contributed by atoms with E-state index in [0.29, 0.717) is 17.7 Å². The van der Waals surface area contributed by atoms with Gasteiger partial charge in [0, 0.05) is 0 Å². The molecule has 8 heteroatoms. The van der Waals surface area contributed by atoms with Crippen LogP contribution in [-0.4, -0.2) is 24.0 Å². The van der Waals surface area contributed by atoms with Crippen LogP contribution in [0.25, 0.3) is 0 Å². The SMILES string of the molecule is N#Cc1cccc(N2C(=O)C3C4CCC(O4)C3C2=O)c1C(F)(F)F. The summed E-state index contributed by atoms with van der Waals surface area (Å²) in [6.45, 7) is 0. The van der Waals surface area contributed by atoms with Crippen molar-refractivity contribution in [3.05, 3.63) is 29.3 Å². The fraction of sp³-hybridized carbons (Fsp3) is 0.438. The molecule has 0 aliphatic carbocycles. The Hall–Kier alpha value is -2.40. The van der Waals surface area contributed by atoms with Crippen molar-refractivity contribution < 1.29 is 27.5 Å². The lowest BCUT2D eigenvalue weighted by Crippen LogP contribution is -2.36. The van der Waals surface area contributed by atoms with Gasteiger partial charge in [-0.25, -0.2) is 4.90 Å². The minimum Gasteiger partial charge on any atom is -0.373 e. The zero-order chi connectivity index (χ0) is 17.2. The van der Waals surface area contributed by atoms with Crippen molar-refractivity contribution in [2.24, 2.45) is 11.8 Å². The van der Waals surface area contributed by atoms with Crippen LogP contribution in [0, 0.1) is 23.2 Å². The summed E-state index contributed by atoms with van der Waals surface area (Å²) < 4.78 is 45.9. The van der Waals surface area contributed by atoms with Crippen molar-refractivity contribution in [2.45, 2.75) is 31.2 Å². The van der Waals surface area contributed by atoms with Gasteiger partial charge in [0.25, 0.3) is 0 Å².